The zero-order chi connectivity index (χ0) is 15.0. The molecule has 4 nitrogen and oxygen atoms in total. The molecule has 2 heterocycles. The number of sulfonamides is 1. The van der Waals surface area contributed by atoms with Crippen LogP contribution in [-0.2, 0) is 10.0 Å². The van der Waals surface area contributed by atoms with E-state index < -0.39 is 10.0 Å². The van der Waals surface area contributed by atoms with Gasteiger partial charge >= 0.3 is 0 Å². The van der Waals surface area contributed by atoms with E-state index in [1.807, 2.05) is 6.07 Å². The van der Waals surface area contributed by atoms with Crippen molar-refractivity contribution in [2.45, 2.75) is 30.2 Å². The van der Waals surface area contributed by atoms with Crippen LogP contribution in [0, 0.1) is 0 Å². The highest BCUT2D eigenvalue weighted by Crippen LogP contribution is 2.35. The van der Waals surface area contributed by atoms with Crippen molar-refractivity contribution >= 4 is 43.0 Å². The fourth-order valence-electron chi connectivity index (χ4n) is 2.83. The number of thiophene rings is 1. The van der Waals surface area contributed by atoms with Gasteiger partial charge in [0.15, 0.2) is 0 Å². The molecule has 2 aromatic rings. The zero-order valence-electron chi connectivity index (χ0n) is 11.5. The van der Waals surface area contributed by atoms with Gasteiger partial charge in [-0.25, -0.2) is 8.42 Å². The van der Waals surface area contributed by atoms with E-state index in [2.05, 4.69) is 0 Å². The van der Waals surface area contributed by atoms with Gasteiger partial charge in [0.25, 0.3) is 0 Å². The molecule has 0 amide bonds. The molecule has 0 bridgehead atoms. The predicted molar refractivity (Wildman–Crippen MR) is 87.4 cm³/mol. The molecule has 0 saturated carbocycles. The van der Waals surface area contributed by atoms with Crippen molar-refractivity contribution in [2.75, 3.05) is 13.1 Å². The maximum atomic E-state index is 13.0. The van der Waals surface area contributed by atoms with Crippen molar-refractivity contribution in [3.63, 3.8) is 0 Å². The molecule has 0 aliphatic carbocycles. The Hall–Kier alpha value is -0.660. The van der Waals surface area contributed by atoms with Crippen molar-refractivity contribution in [1.29, 1.82) is 0 Å². The Labute approximate surface area is 133 Å². The van der Waals surface area contributed by atoms with Gasteiger partial charge in [0, 0.05) is 39.6 Å². The van der Waals surface area contributed by atoms with Crippen LogP contribution in [0.25, 0.3) is 10.1 Å². The smallest absolute Gasteiger partial charge is 0.244 e. The van der Waals surface area contributed by atoms with E-state index in [1.165, 1.54) is 11.3 Å². The quantitative estimate of drug-likeness (QED) is 0.930. The number of halogens is 1. The van der Waals surface area contributed by atoms with E-state index in [4.69, 9.17) is 17.3 Å². The van der Waals surface area contributed by atoms with Gasteiger partial charge in [-0.05, 0) is 31.0 Å². The van der Waals surface area contributed by atoms with Crippen molar-refractivity contribution in [3.8, 4) is 0 Å². The number of rotatable bonds is 3. The number of piperidine rings is 1. The van der Waals surface area contributed by atoms with Crippen LogP contribution in [-0.4, -0.2) is 31.9 Å². The summed E-state index contributed by atoms with van der Waals surface area (Å²) in [5.41, 5.74) is 5.76. The van der Waals surface area contributed by atoms with E-state index in [-0.39, 0.29) is 6.04 Å². The third kappa shape index (κ3) is 2.71. The summed E-state index contributed by atoms with van der Waals surface area (Å²) in [7, 11) is -3.52. The van der Waals surface area contributed by atoms with Crippen molar-refractivity contribution < 1.29 is 8.42 Å². The molecule has 0 spiro atoms. The van der Waals surface area contributed by atoms with E-state index in [1.54, 1.807) is 21.8 Å². The van der Waals surface area contributed by atoms with Crippen LogP contribution in [0.5, 0.6) is 0 Å². The lowest BCUT2D eigenvalue weighted by molar-refractivity contribution is 0.258. The fraction of sp³-hybridized carbons (Fsp3) is 0.429. The average Bonchev–Trinajstić information content (AvgIpc) is 2.90. The molecule has 1 unspecified atom stereocenters. The summed E-state index contributed by atoms with van der Waals surface area (Å²) in [6, 6.07) is 5.26. The molecule has 1 aromatic carbocycles. The lowest BCUT2D eigenvalue weighted by Gasteiger charge is -2.33. The van der Waals surface area contributed by atoms with Crippen LogP contribution in [0.2, 0.25) is 5.02 Å². The lowest BCUT2D eigenvalue weighted by atomic mass is 10.1. The van der Waals surface area contributed by atoms with Crippen LogP contribution in [0.1, 0.15) is 19.3 Å². The topological polar surface area (TPSA) is 63.4 Å². The molecule has 0 radical (unpaired) electrons. The summed E-state index contributed by atoms with van der Waals surface area (Å²) >= 11 is 7.44. The van der Waals surface area contributed by atoms with Crippen LogP contribution >= 0.6 is 22.9 Å². The molecule has 21 heavy (non-hydrogen) atoms. The van der Waals surface area contributed by atoms with Gasteiger partial charge in [-0.15, -0.1) is 11.3 Å². The standard InChI is InChI=1S/C14H17ClN2O2S2/c15-10-4-5-13-12(7-10)14(9-20-13)21(18,19)17-6-2-1-3-11(17)8-16/h4-5,7,9,11H,1-3,6,8,16H2. The minimum Gasteiger partial charge on any atom is -0.329 e. The largest absolute Gasteiger partial charge is 0.329 e. The van der Waals surface area contributed by atoms with E-state index >= 15 is 0 Å². The number of hydrogen-bond acceptors (Lipinski definition) is 4. The molecule has 1 aliphatic heterocycles. The molecule has 1 saturated heterocycles. The normalized spacial score (nSPS) is 21.0. The maximum absolute atomic E-state index is 13.0. The van der Waals surface area contributed by atoms with Gasteiger partial charge in [-0.1, -0.05) is 18.0 Å². The summed E-state index contributed by atoms with van der Waals surface area (Å²) in [6.07, 6.45) is 2.75. The Morgan fingerprint density at radius 2 is 2.19 bits per heavy atom. The molecule has 3 rings (SSSR count). The lowest BCUT2D eigenvalue weighted by Crippen LogP contribution is -2.47. The fourth-order valence-corrected chi connectivity index (χ4v) is 6.15. The predicted octanol–water partition coefficient (Wildman–Crippen LogP) is 3.06. The van der Waals surface area contributed by atoms with Crippen molar-refractivity contribution in [3.05, 3.63) is 28.6 Å². The average molecular weight is 345 g/mol. The molecule has 7 heteroatoms. The number of nitrogens with two attached hydrogens (primary N) is 1. The molecular formula is C14H17ClN2O2S2. The Morgan fingerprint density at radius 1 is 1.38 bits per heavy atom. The van der Waals surface area contributed by atoms with Crippen molar-refractivity contribution in [1.82, 2.24) is 4.31 Å². The minimum atomic E-state index is -3.52. The molecule has 1 aromatic heterocycles. The number of benzene rings is 1. The summed E-state index contributed by atoms with van der Waals surface area (Å²) in [5, 5.41) is 2.96. The summed E-state index contributed by atoms with van der Waals surface area (Å²) in [5.74, 6) is 0. The molecule has 2 N–H and O–H groups in total. The molecule has 114 valence electrons. The van der Waals surface area contributed by atoms with Crippen molar-refractivity contribution in [2.24, 2.45) is 5.73 Å². The number of nitrogens with zero attached hydrogens (tertiary/aromatic N) is 1. The SMILES string of the molecule is NCC1CCCCN1S(=O)(=O)c1csc2ccc(Cl)cc12. The first kappa shape index (κ1) is 15.2. The number of hydrogen-bond donors (Lipinski definition) is 1. The molecular weight excluding hydrogens is 328 g/mol. The van der Waals surface area contributed by atoms with Gasteiger partial charge in [0.05, 0.1) is 0 Å². The summed E-state index contributed by atoms with van der Waals surface area (Å²) in [6.45, 7) is 0.907. The monoisotopic (exact) mass is 344 g/mol. The highest BCUT2D eigenvalue weighted by Gasteiger charge is 2.34. The van der Waals surface area contributed by atoms with Gasteiger partial charge in [0.1, 0.15) is 4.90 Å². The van der Waals surface area contributed by atoms with Crippen LogP contribution in [0.4, 0.5) is 0 Å². The second kappa shape index (κ2) is 5.85. The molecule has 1 fully saturated rings. The summed E-state index contributed by atoms with van der Waals surface area (Å²) < 4.78 is 28.5. The van der Waals surface area contributed by atoms with Crippen LogP contribution in [0.15, 0.2) is 28.5 Å². The van der Waals surface area contributed by atoms with Crippen LogP contribution < -0.4 is 5.73 Å². The first-order valence-corrected chi connectivity index (χ1v) is 9.62. The van der Waals surface area contributed by atoms with Gasteiger partial charge in [0.2, 0.25) is 10.0 Å². The summed E-state index contributed by atoms with van der Waals surface area (Å²) in [4.78, 5) is 0.352. The second-order valence-corrected chi connectivity index (χ2v) is 8.45. The molecule has 1 aliphatic rings. The third-order valence-corrected chi connectivity index (χ3v) is 7.27. The second-order valence-electron chi connectivity index (χ2n) is 5.24. The Balaban J connectivity index is 2.09. The Kier molecular flexibility index (Phi) is 4.25. The minimum absolute atomic E-state index is 0.0992. The van der Waals surface area contributed by atoms with Crippen LogP contribution in [0.3, 0.4) is 0 Å². The highest BCUT2D eigenvalue weighted by atomic mass is 35.5. The van der Waals surface area contributed by atoms with E-state index in [0.29, 0.717) is 28.4 Å². The first-order valence-electron chi connectivity index (χ1n) is 6.92. The van der Waals surface area contributed by atoms with Gasteiger partial charge in [-0.3, -0.25) is 0 Å². The van der Waals surface area contributed by atoms with Gasteiger partial charge in [-0.2, -0.15) is 4.31 Å². The molecule has 1 atom stereocenters. The van der Waals surface area contributed by atoms with E-state index in [0.717, 1.165) is 24.0 Å². The maximum Gasteiger partial charge on any atom is 0.244 e. The first-order chi connectivity index (χ1) is 10.0. The number of fused-ring (bicyclic) bond motifs is 1. The van der Waals surface area contributed by atoms with Gasteiger partial charge < -0.3 is 5.73 Å². The Morgan fingerprint density at radius 3 is 2.95 bits per heavy atom. The zero-order valence-corrected chi connectivity index (χ0v) is 13.8. The third-order valence-electron chi connectivity index (χ3n) is 3.93. The Bertz CT molecular complexity index is 757. The highest BCUT2D eigenvalue weighted by molar-refractivity contribution is 7.89. The van der Waals surface area contributed by atoms with E-state index in [9.17, 15) is 8.42 Å².